The van der Waals surface area contributed by atoms with Crippen LogP contribution in [0.3, 0.4) is 0 Å². The highest BCUT2D eigenvalue weighted by Crippen LogP contribution is 2.15. The lowest BCUT2D eigenvalue weighted by Gasteiger charge is -2.08. The summed E-state index contributed by atoms with van der Waals surface area (Å²) in [6, 6.07) is 16.0. The molecule has 0 spiro atoms. The average Bonchev–Trinajstić information content (AvgIpc) is 2.65. The first-order chi connectivity index (χ1) is 12.9. The quantitative estimate of drug-likeness (QED) is 0.650. The molecule has 0 aliphatic heterocycles. The lowest BCUT2D eigenvalue weighted by molar-refractivity contribution is 0.601. The molecular formula is C19H19FN4O2S. The van der Waals surface area contributed by atoms with Crippen LogP contribution in [0.4, 0.5) is 16.0 Å². The van der Waals surface area contributed by atoms with Crippen LogP contribution >= 0.6 is 0 Å². The highest BCUT2D eigenvalue weighted by atomic mass is 32.2. The molecule has 0 radical (unpaired) electrons. The van der Waals surface area contributed by atoms with Gasteiger partial charge in [-0.3, -0.25) is 4.72 Å². The Balaban J connectivity index is 1.56. The number of hydrogen-bond donors (Lipinski definition) is 2. The highest BCUT2D eigenvalue weighted by molar-refractivity contribution is 7.92. The van der Waals surface area contributed by atoms with E-state index in [4.69, 9.17) is 0 Å². The van der Waals surface area contributed by atoms with Gasteiger partial charge in [-0.1, -0.05) is 29.8 Å². The average molecular weight is 386 g/mol. The van der Waals surface area contributed by atoms with Gasteiger partial charge < -0.3 is 5.32 Å². The third-order valence-electron chi connectivity index (χ3n) is 3.87. The van der Waals surface area contributed by atoms with Crippen molar-refractivity contribution in [2.45, 2.75) is 18.2 Å². The van der Waals surface area contributed by atoms with Crippen LogP contribution in [0.15, 0.2) is 65.6 Å². The number of aromatic nitrogens is 2. The maximum Gasteiger partial charge on any atom is 0.263 e. The molecule has 3 aromatic rings. The van der Waals surface area contributed by atoms with Gasteiger partial charge in [0.25, 0.3) is 10.0 Å². The summed E-state index contributed by atoms with van der Waals surface area (Å²) < 4.78 is 39.9. The van der Waals surface area contributed by atoms with E-state index in [-0.39, 0.29) is 16.5 Å². The Hall–Kier alpha value is -3.00. The van der Waals surface area contributed by atoms with Crippen molar-refractivity contribution in [3.8, 4) is 0 Å². The second-order valence-corrected chi connectivity index (χ2v) is 7.71. The van der Waals surface area contributed by atoms with Gasteiger partial charge in [0.05, 0.1) is 4.90 Å². The predicted molar refractivity (Wildman–Crippen MR) is 103 cm³/mol. The minimum absolute atomic E-state index is 0.139. The van der Waals surface area contributed by atoms with Crippen LogP contribution in [0.5, 0.6) is 0 Å². The molecule has 0 fully saturated rings. The van der Waals surface area contributed by atoms with E-state index in [0.29, 0.717) is 18.8 Å². The summed E-state index contributed by atoms with van der Waals surface area (Å²) in [5, 5.41) is 11.0. The second kappa shape index (κ2) is 8.13. The van der Waals surface area contributed by atoms with Crippen molar-refractivity contribution in [1.82, 2.24) is 10.2 Å². The smallest absolute Gasteiger partial charge is 0.263 e. The number of hydrogen-bond acceptors (Lipinski definition) is 5. The summed E-state index contributed by atoms with van der Waals surface area (Å²) in [6.45, 7) is 2.48. The Morgan fingerprint density at radius 2 is 1.52 bits per heavy atom. The zero-order valence-electron chi connectivity index (χ0n) is 14.7. The standard InChI is InChI=1S/C19H19FN4O2S/c1-14-2-8-17(9-3-14)27(25,26)24-19-11-10-18(22-23-19)21-13-12-15-4-6-16(20)7-5-15/h2-11H,12-13H2,1H3,(H,21,22)(H,23,24). The predicted octanol–water partition coefficient (Wildman–Crippen LogP) is 3.38. The first kappa shape index (κ1) is 18.8. The van der Waals surface area contributed by atoms with Crippen LogP contribution in [0.1, 0.15) is 11.1 Å². The molecule has 27 heavy (non-hydrogen) atoms. The molecule has 2 N–H and O–H groups in total. The van der Waals surface area contributed by atoms with Gasteiger partial charge in [0.1, 0.15) is 11.6 Å². The Kier molecular flexibility index (Phi) is 5.66. The van der Waals surface area contributed by atoms with Gasteiger partial charge in [-0.2, -0.15) is 0 Å². The highest BCUT2D eigenvalue weighted by Gasteiger charge is 2.14. The molecule has 1 heterocycles. The normalized spacial score (nSPS) is 11.2. The van der Waals surface area contributed by atoms with Crippen molar-refractivity contribution in [3.63, 3.8) is 0 Å². The molecule has 0 atom stereocenters. The van der Waals surface area contributed by atoms with E-state index in [2.05, 4.69) is 20.2 Å². The molecule has 0 unspecified atom stereocenters. The van der Waals surface area contributed by atoms with Crippen molar-refractivity contribution in [1.29, 1.82) is 0 Å². The third-order valence-corrected chi connectivity index (χ3v) is 5.24. The lowest BCUT2D eigenvalue weighted by Crippen LogP contribution is -2.15. The van der Waals surface area contributed by atoms with Crippen molar-refractivity contribution in [2.24, 2.45) is 0 Å². The summed E-state index contributed by atoms with van der Waals surface area (Å²) in [6.07, 6.45) is 0.698. The molecule has 6 nitrogen and oxygen atoms in total. The van der Waals surface area contributed by atoms with E-state index in [1.807, 2.05) is 6.92 Å². The number of halogens is 1. The molecule has 0 bridgehead atoms. The van der Waals surface area contributed by atoms with E-state index >= 15 is 0 Å². The van der Waals surface area contributed by atoms with Gasteiger partial charge in [0.15, 0.2) is 5.82 Å². The molecule has 0 aliphatic carbocycles. The molecule has 0 aliphatic rings. The summed E-state index contributed by atoms with van der Waals surface area (Å²) in [5.74, 6) is 0.399. The van der Waals surface area contributed by atoms with E-state index in [1.54, 1.807) is 36.4 Å². The van der Waals surface area contributed by atoms with Gasteiger partial charge in [-0.15, -0.1) is 10.2 Å². The van der Waals surface area contributed by atoms with E-state index in [0.717, 1.165) is 11.1 Å². The minimum Gasteiger partial charge on any atom is -0.368 e. The zero-order chi connectivity index (χ0) is 19.3. The number of sulfonamides is 1. The number of aryl methyl sites for hydroxylation is 1. The van der Waals surface area contributed by atoms with Crippen LogP contribution in [-0.4, -0.2) is 25.2 Å². The molecular weight excluding hydrogens is 367 g/mol. The summed E-state index contributed by atoms with van der Waals surface area (Å²) in [7, 11) is -3.70. The van der Waals surface area contributed by atoms with Crippen LogP contribution in [0, 0.1) is 12.7 Å². The number of nitrogens with one attached hydrogen (secondary N) is 2. The van der Waals surface area contributed by atoms with Crippen molar-refractivity contribution in [2.75, 3.05) is 16.6 Å². The van der Waals surface area contributed by atoms with Crippen molar-refractivity contribution >= 4 is 21.7 Å². The molecule has 0 saturated carbocycles. The van der Waals surface area contributed by atoms with Crippen molar-refractivity contribution in [3.05, 3.63) is 77.6 Å². The monoisotopic (exact) mass is 386 g/mol. The van der Waals surface area contributed by atoms with Gasteiger partial charge >= 0.3 is 0 Å². The lowest BCUT2D eigenvalue weighted by atomic mass is 10.1. The zero-order valence-corrected chi connectivity index (χ0v) is 15.5. The topological polar surface area (TPSA) is 84.0 Å². The van der Waals surface area contributed by atoms with Crippen LogP contribution in [0.25, 0.3) is 0 Å². The van der Waals surface area contributed by atoms with Crippen LogP contribution in [0.2, 0.25) is 0 Å². The summed E-state index contributed by atoms with van der Waals surface area (Å²) >= 11 is 0. The van der Waals surface area contributed by atoms with Crippen LogP contribution < -0.4 is 10.0 Å². The fourth-order valence-electron chi connectivity index (χ4n) is 2.38. The van der Waals surface area contributed by atoms with Gasteiger partial charge in [0, 0.05) is 6.54 Å². The molecule has 1 aromatic heterocycles. The third kappa shape index (κ3) is 5.24. The molecule has 2 aromatic carbocycles. The van der Waals surface area contributed by atoms with Crippen molar-refractivity contribution < 1.29 is 12.8 Å². The molecule has 0 saturated heterocycles. The Labute approximate surface area is 157 Å². The Bertz CT molecular complexity index is 989. The van der Waals surface area contributed by atoms with Gasteiger partial charge in [0.2, 0.25) is 0 Å². The maximum atomic E-state index is 12.9. The molecule has 0 amide bonds. The Morgan fingerprint density at radius 1 is 0.889 bits per heavy atom. The largest absolute Gasteiger partial charge is 0.368 e. The molecule has 8 heteroatoms. The maximum absolute atomic E-state index is 12.9. The van der Waals surface area contributed by atoms with Gasteiger partial charge in [-0.05, 0) is 55.3 Å². The van der Waals surface area contributed by atoms with E-state index in [9.17, 15) is 12.8 Å². The summed E-state index contributed by atoms with van der Waals surface area (Å²) in [4.78, 5) is 0.163. The van der Waals surface area contributed by atoms with Gasteiger partial charge in [-0.25, -0.2) is 12.8 Å². The number of rotatable bonds is 7. The summed E-state index contributed by atoms with van der Waals surface area (Å²) in [5.41, 5.74) is 1.98. The molecule has 140 valence electrons. The Morgan fingerprint density at radius 3 is 2.15 bits per heavy atom. The fourth-order valence-corrected chi connectivity index (χ4v) is 3.38. The molecule has 3 rings (SSSR count). The first-order valence-corrected chi connectivity index (χ1v) is 9.82. The first-order valence-electron chi connectivity index (χ1n) is 8.34. The second-order valence-electron chi connectivity index (χ2n) is 6.03. The van der Waals surface area contributed by atoms with Crippen LogP contribution in [-0.2, 0) is 16.4 Å². The van der Waals surface area contributed by atoms with E-state index in [1.165, 1.54) is 24.3 Å². The minimum atomic E-state index is -3.70. The number of benzene rings is 2. The van der Waals surface area contributed by atoms with E-state index < -0.39 is 10.0 Å². The fraction of sp³-hybridized carbons (Fsp3) is 0.158. The SMILES string of the molecule is Cc1ccc(S(=O)(=O)Nc2ccc(NCCc3ccc(F)cc3)nn2)cc1. The number of anilines is 2. The number of nitrogens with zero attached hydrogens (tertiary/aromatic N) is 2.